The van der Waals surface area contributed by atoms with Gasteiger partial charge >= 0.3 is 0 Å². The van der Waals surface area contributed by atoms with Crippen LogP contribution < -0.4 is 5.32 Å². The first-order chi connectivity index (χ1) is 9.63. The number of rotatable bonds is 6. The quantitative estimate of drug-likeness (QED) is 0.859. The van der Waals surface area contributed by atoms with Crippen LogP contribution in [0, 0.1) is 17.7 Å². The Morgan fingerprint density at radius 2 is 2.05 bits per heavy atom. The monoisotopic (exact) mass is 278 g/mol. The molecule has 0 bridgehead atoms. The van der Waals surface area contributed by atoms with Crippen molar-refractivity contribution in [2.24, 2.45) is 11.8 Å². The fraction of sp³-hybridized carbons (Fsp3) is 0.647. The zero-order valence-electron chi connectivity index (χ0n) is 12.7. The number of hydrogen-bond acceptors (Lipinski definition) is 2. The molecule has 0 aliphatic carbocycles. The molecule has 2 nitrogen and oxygen atoms in total. The Labute approximate surface area is 122 Å². The number of nitrogens with zero attached hydrogens (tertiary/aromatic N) is 1. The van der Waals surface area contributed by atoms with E-state index in [1.54, 1.807) is 12.1 Å². The maximum atomic E-state index is 12.9. The van der Waals surface area contributed by atoms with Crippen LogP contribution in [0.3, 0.4) is 0 Å². The van der Waals surface area contributed by atoms with Crippen LogP contribution in [0.1, 0.15) is 32.3 Å². The Kier molecular flexibility index (Phi) is 5.99. The summed E-state index contributed by atoms with van der Waals surface area (Å²) in [4.78, 5) is 2.50. The van der Waals surface area contributed by atoms with Gasteiger partial charge in [0.15, 0.2) is 0 Å². The number of halogens is 1. The van der Waals surface area contributed by atoms with Gasteiger partial charge in [-0.15, -0.1) is 0 Å². The van der Waals surface area contributed by atoms with Gasteiger partial charge in [-0.05, 0) is 62.0 Å². The Bertz CT molecular complexity index is 388. The summed E-state index contributed by atoms with van der Waals surface area (Å²) in [6, 6.07) is 6.91. The first-order valence-corrected chi connectivity index (χ1v) is 7.81. The standard InChI is InChI=1S/C17H27FN2/c1-14(2)10-19-11-16-4-3-9-20(13-16)12-15-5-7-17(18)8-6-15/h5-8,14,16,19H,3-4,9-13H2,1-2H3. The molecular formula is C17H27FN2. The van der Waals surface area contributed by atoms with Crippen molar-refractivity contribution in [3.05, 3.63) is 35.6 Å². The van der Waals surface area contributed by atoms with E-state index in [2.05, 4.69) is 24.1 Å². The van der Waals surface area contributed by atoms with E-state index < -0.39 is 0 Å². The van der Waals surface area contributed by atoms with Gasteiger partial charge in [0, 0.05) is 13.1 Å². The molecule has 1 fully saturated rings. The molecule has 1 heterocycles. The average Bonchev–Trinajstić information content (AvgIpc) is 2.41. The van der Waals surface area contributed by atoms with E-state index in [0.717, 1.165) is 38.6 Å². The molecule has 2 rings (SSSR count). The second-order valence-electron chi connectivity index (χ2n) is 6.42. The predicted octanol–water partition coefficient (Wildman–Crippen LogP) is 3.28. The molecular weight excluding hydrogens is 251 g/mol. The minimum Gasteiger partial charge on any atom is -0.316 e. The van der Waals surface area contributed by atoms with E-state index in [1.165, 1.54) is 18.4 Å². The normalized spacial score (nSPS) is 20.5. The molecule has 1 N–H and O–H groups in total. The average molecular weight is 278 g/mol. The van der Waals surface area contributed by atoms with Gasteiger partial charge in [0.2, 0.25) is 0 Å². The molecule has 0 aromatic heterocycles. The third kappa shape index (κ3) is 5.22. The second kappa shape index (κ2) is 7.75. The number of benzene rings is 1. The van der Waals surface area contributed by atoms with E-state index in [0.29, 0.717) is 5.92 Å². The van der Waals surface area contributed by atoms with Crippen LogP contribution in [0.4, 0.5) is 4.39 Å². The Morgan fingerprint density at radius 3 is 2.75 bits per heavy atom. The molecule has 0 radical (unpaired) electrons. The molecule has 1 atom stereocenters. The SMILES string of the molecule is CC(C)CNCC1CCCN(Cc2ccc(F)cc2)C1. The first-order valence-electron chi connectivity index (χ1n) is 7.81. The molecule has 0 spiro atoms. The Hall–Kier alpha value is -0.930. The summed E-state index contributed by atoms with van der Waals surface area (Å²) in [5, 5.41) is 3.57. The van der Waals surface area contributed by atoms with E-state index >= 15 is 0 Å². The van der Waals surface area contributed by atoms with Gasteiger partial charge in [0.1, 0.15) is 5.82 Å². The first kappa shape index (κ1) is 15.5. The fourth-order valence-corrected chi connectivity index (χ4v) is 2.89. The molecule has 1 aliphatic rings. The predicted molar refractivity (Wildman–Crippen MR) is 82.1 cm³/mol. The molecule has 20 heavy (non-hydrogen) atoms. The molecule has 0 amide bonds. The minimum absolute atomic E-state index is 0.150. The fourth-order valence-electron chi connectivity index (χ4n) is 2.89. The molecule has 1 aromatic carbocycles. The van der Waals surface area contributed by atoms with Crippen LogP contribution in [0.25, 0.3) is 0 Å². The minimum atomic E-state index is -0.150. The van der Waals surface area contributed by atoms with Gasteiger partial charge in [0.25, 0.3) is 0 Å². The molecule has 1 unspecified atom stereocenters. The topological polar surface area (TPSA) is 15.3 Å². The third-order valence-corrected chi connectivity index (χ3v) is 3.91. The van der Waals surface area contributed by atoms with Crippen molar-refractivity contribution in [1.82, 2.24) is 10.2 Å². The van der Waals surface area contributed by atoms with Crippen molar-refractivity contribution in [1.29, 1.82) is 0 Å². The van der Waals surface area contributed by atoms with Crippen molar-refractivity contribution in [2.45, 2.75) is 33.2 Å². The van der Waals surface area contributed by atoms with Crippen molar-refractivity contribution in [3.8, 4) is 0 Å². The van der Waals surface area contributed by atoms with Gasteiger partial charge in [-0.3, -0.25) is 4.90 Å². The maximum absolute atomic E-state index is 12.9. The molecule has 3 heteroatoms. The number of nitrogens with one attached hydrogen (secondary N) is 1. The number of likely N-dealkylation sites (tertiary alicyclic amines) is 1. The van der Waals surface area contributed by atoms with Gasteiger partial charge in [-0.2, -0.15) is 0 Å². The summed E-state index contributed by atoms with van der Waals surface area (Å²) in [5.74, 6) is 1.32. The lowest BCUT2D eigenvalue weighted by molar-refractivity contribution is 0.165. The summed E-state index contributed by atoms with van der Waals surface area (Å²) in [6.45, 7) is 9.98. The van der Waals surface area contributed by atoms with E-state index in [4.69, 9.17) is 0 Å². The van der Waals surface area contributed by atoms with Gasteiger partial charge in [-0.1, -0.05) is 26.0 Å². The number of piperidine rings is 1. The molecule has 112 valence electrons. The summed E-state index contributed by atoms with van der Waals surface area (Å²) in [7, 11) is 0. The van der Waals surface area contributed by atoms with Crippen LogP contribution in [0.5, 0.6) is 0 Å². The van der Waals surface area contributed by atoms with Gasteiger partial charge in [0.05, 0.1) is 0 Å². The summed E-state index contributed by atoms with van der Waals surface area (Å²) in [6.07, 6.45) is 2.60. The summed E-state index contributed by atoms with van der Waals surface area (Å²) >= 11 is 0. The van der Waals surface area contributed by atoms with Crippen LogP contribution in [0.2, 0.25) is 0 Å². The molecule has 0 saturated carbocycles. The highest BCUT2D eigenvalue weighted by Gasteiger charge is 2.19. The number of hydrogen-bond donors (Lipinski definition) is 1. The third-order valence-electron chi connectivity index (χ3n) is 3.91. The Balaban J connectivity index is 1.76. The van der Waals surface area contributed by atoms with Crippen molar-refractivity contribution < 1.29 is 4.39 Å². The lowest BCUT2D eigenvalue weighted by Crippen LogP contribution is -2.39. The zero-order chi connectivity index (χ0) is 14.4. The summed E-state index contributed by atoms with van der Waals surface area (Å²) < 4.78 is 12.9. The van der Waals surface area contributed by atoms with Crippen LogP contribution in [-0.4, -0.2) is 31.1 Å². The van der Waals surface area contributed by atoms with Crippen LogP contribution in [0.15, 0.2) is 24.3 Å². The van der Waals surface area contributed by atoms with Gasteiger partial charge < -0.3 is 5.32 Å². The molecule has 1 saturated heterocycles. The van der Waals surface area contributed by atoms with Gasteiger partial charge in [-0.25, -0.2) is 4.39 Å². The second-order valence-corrected chi connectivity index (χ2v) is 6.42. The molecule has 1 aromatic rings. The van der Waals surface area contributed by atoms with Crippen molar-refractivity contribution >= 4 is 0 Å². The zero-order valence-corrected chi connectivity index (χ0v) is 12.7. The van der Waals surface area contributed by atoms with Crippen LogP contribution >= 0.6 is 0 Å². The highest BCUT2D eigenvalue weighted by atomic mass is 19.1. The largest absolute Gasteiger partial charge is 0.316 e. The molecule has 1 aliphatic heterocycles. The maximum Gasteiger partial charge on any atom is 0.123 e. The highest BCUT2D eigenvalue weighted by molar-refractivity contribution is 5.15. The highest BCUT2D eigenvalue weighted by Crippen LogP contribution is 2.18. The smallest absolute Gasteiger partial charge is 0.123 e. The lowest BCUT2D eigenvalue weighted by atomic mass is 9.97. The Morgan fingerprint density at radius 1 is 1.30 bits per heavy atom. The van der Waals surface area contributed by atoms with Crippen molar-refractivity contribution in [2.75, 3.05) is 26.2 Å². The van der Waals surface area contributed by atoms with Crippen LogP contribution in [-0.2, 0) is 6.54 Å². The van der Waals surface area contributed by atoms with E-state index in [1.807, 2.05) is 12.1 Å². The van der Waals surface area contributed by atoms with E-state index in [9.17, 15) is 4.39 Å². The van der Waals surface area contributed by atoms with E-state index in [-0.39, 0.29) is 5.82 Å². The van der Waals surface area contributed by atoms with Crippen molar-refractivity contribution in [3.63, 3.8) is 0 Å². The lowest BCUT2D eigenvalue weighted by Gasteiger charge is -2.33. The summed E-state index contributed by atoms with van der Waals surface area (Å²) in [5.41, 5.74) is 1.21.